The Labute approximate surface area is 150 Å². The first-order chi connectivity index (χ1) is 12.7. The monoisotopic (exact) mass is 350 g/mol. The Morgan fingerprint density at radius 1 is 0.962 bits per heavy atom. The molecule has 2 amide bonds. The molecule has 0 bridgehead atoms. The molecule has 0 atom stereocenters. The van der Waals surface area contributed by atoms with Gasteiger partial charge in [-0.2, -0.15) is 0 Å². The first kappa shape index (κ1) is 16.2. The molecule has 0 aliphatic carbocycles. The molecule has 2 heterocycles. The molecule has 6 heteroatoms. The predicted molar refractivity (Wildman–Crippen MR) is 96.9 cm³/mol. The number of imide groups is 1. The van der Waals surface area contributed by atoms with Gasteiger partial charge in [0.25, 0.3) is 11.8 Å². The number of fused-ring (bicyclic) bond motifs is 2. The predicted octanol–water partition coefficient (Wildman–Crippen LogP) is 3.02. The van der Waals surface area contributed by atoms with Gasteiger partial charge in [0.15, 0.2) is 11.5 Å². The smallest absolute Gasteiger partial charge is 0.261 e. The summed E-state index contributed by atoms with van der Waals surface area (Å²) in [6.07, 6.45) is 2.44. The van der Waals surface area contributed by atoms with Crippen LogP contribution in [-0.4, -0.2) is 42.5 Å². The summed E-state index contributed by atoms with van der Waals surface area (Å²) in [7, 11) is 3.19. The van der Waals surface area contributed by atoms with Crippen molar-refractivity contribution in [3.8, 4) is 11.5 Å². The number of ether oxygens (including phenoxy) is 2. The average Bonchev–Trinajstić information content (AvgIpc) is 3.19. The van der Waals surface area contributed by atoms with Gasteiger partial charge in [-0.1, -0.05) is 12.1 Å². The molecule has 3 aromatic rings. The van der Waals surface area contributed by atoms with Gasteiger partial charge in [-0.3, -0.25) is 14.5 Å². The number of carbonyl (C=O) groups is 2. The van der Waals surface area contributed by atoms with Gasteiger partial charge in [-0.05, 0) is 36.2 Å². The number of rotatable bonds is 5. The maximum atomic E-state index is 12.5. The molecule has 6 nitrogen and oxygen atoms in total. The van der Waals surface area contributed by atoms with Crippen LogP contribution in [0.15, 0.2) is 42.6 Å². The highest BCUT2D eigenvalue weighted by Crippen LogP contribution is 2.36. The summed E-state index contributed by atoms with van der Waals surface area (Å²) in [6, 6.07) is 10.7. The molecule has 26 heavy (non-hydrogen) atoms. The van der Waals surface area contributed by atoms with Crippen molar-refractivity contribution >= 4 is 22.7 Å². The minimum Gasteiger partial charge on any atom is -0.493 e. The second kappa shape index (κ2) is 6.22. The maximum absolute atomic E-state index is 12.5. The van der Waals surface area contributed by atoms with E-state index in [1.165, 1.54) is 4.90 Å². The molecule has 0 saturated heterocycles. The lowest BCUT2D eigenvalue weighted by molar-refractivity contribution is 0.0656. The fraction of sp³-hybridized carbons (Fsp3) is 0.200. The van der Waals surface area contributed by atoms with E-state index in [0.29, 0.717) is 35.6 Å². The third-order valence-electron chi connectivity index (χ3n) is 4.77. The fourth-order valence-electron chi connectivity index (χ4n) is 3.46. The van der Waals surface area contributed by atoms with Gasteiger partial charge in [0.1, 0.15) is 0 Å². The molecule has 0 unspecified atom stereocenters. The van der Waals surface area contributed by atoms with Crippen LogP contribution in [0.3, 0.4) is 0 Å². The van der Waals surface area contributed by atoms with Crippen molar-refractivity contribution in [3.63, 3.8) is 0 Å². The Balaban J connectivity index is 1.60. The van der Waals surface area contributed by atoms with Crippen molar-refractivity contribution in [2.24, 2.45) is 0 Å². The second-order valence-electron chi connectivity index (χ2n) is 6.10. The Kier molecular flexibility index (Phi) is 3.88. The van der Waals surface area contributed by atoms with Crippen LogP contribution in [0.4, 0.5) is 0 Å². The lowest BCUT2D eigenvalue weighted by Crippen LogP contribution is -2.31. The number of aromatic nitrogens is 1. The molecule has 0 fully saturated rings. The molecule has 0 radical (unpaired) electrons. The highest BCUT2D eigenvalue weighted by Gasteiger charge is 2.34. The Bertz CT molecular complexity index is 987. The molecule has 1 aliphatic heterocycles. The fourth-order valence-corrected chi connectivity index (χ4v) is 3.46. The summed E-state index contributed by atoms with van der Waals surface area (Å²) in [6.45, 7) is 0.327. The van der Waals surface area contributed by atoms with Crippen LogP contribution >= 0.6 is 0 Å². The number of carbonyl (C=O) groups excluding carboxylic acids is 2. The Morgan fingerprint density at radius 3 is 2.27 bits per heavy atom. The first-order valence-electron chi connectivity index (χ1n) is 8.32. The van der Waals surface area contributed by atoms with Crippen LogP contribution < -0.4 is 9.47 Å². The normalized spacial score (nSPS) is 13.4. The van der Waals surface area contributed by atoms with Gasteiger partial charge in [-0.25, -0.2) is 0 Å². The first-order valence-corrected chi connectivity index (χ1v) is 8.32. The third kappa shape index (κ3) is 2.34. The summed E-state index contributed by atoms with van der Waals surface area (Å²) in [5, 5.41) is 0.985. The zero-order chi connectivity index (χ0) is 18.3. The van der Waals surface area contributed by atoms with E-state index in [9.17, 15) is 9.59 Å². The number of nitrogens with one attached hydrogen (secondary N) is 1. The minimum absolute atomic E-state index is 0.232. The molecule has 1 aromatic heterocycles. The number of amides is 2. The topological polar surface area (TPSA) is 71.6 Å². The van der Waals surface area contributed by atoms with Crippen LogP contribution in [0.25, 0.3) is 10.9 Å². The van der Waals surface area contributed by atoms with Crippen molar-refractivity contribution in [1.29, 1.82) is 0 Å². The van der Waals surface area contributed by atoms with Crippen LogP contribution in [0.5, 0.6) is 11.5 Å². The van der Waals surface area contributed by atoms with E-state index in [0.717, 1.165) is 16.5 Å². The van der Waals surface area contributed by atoms with Crippen molar-refractivity contribution < 1.29 is 19.1 Å². The number of methoxy groups -OCH3 is 2. The molecule has 1 N–H and O–H groups in total. The number of nitrogens with zero attached hydrogens (tertiary/aromatic N) is 1. The maximum Gasteiger partial charge on any atom is 0.261 e. The van der Waals surface area contributed by atoms with Crippen LogP contribution in [0, 0.1) is 0 Å². The van der Waals surface area contributed by atoms with E-state index in [1.54, 1.807) is 38.5 Å². The summed E-state index contributed by atoms with van der Waals surface area (Å²) in [5.41, 5.74) is 2.80. The zero-order valence-electron chi connectivity index (χ0n) is 14.5. The summed E-state index contributed by atoms with van der Waals surface area (Å²) >= 11 is 0. The number of aromatic amines is 1. The molecular formula is C20H18N2O4. The molecule has 1 aliphatic rings. The molecule has 132 valence electrons. The second-order valence-corrected chi connectivity index (χ2v) is 6.10. The van der Waals surface area contributed by atoms with Gasteiger partial charge in [0, 0.05) is 18.1 Å². The van der Waals surface area contributed by atoms with Gasteiger partial charge in [0.05, 0.1) is 30.9 Å². The minimum atomic E-state index is -0.232. The highest BCUT2D eigenvalue weighted by atomic mass is 16.5. The highest BCUT2D eigenvalue weighted by molar-refractivity contribution is 6.21. The van der Waals surface area contributed by atoms with Crippen LogP contribution in [0.2, 0.25) is 0 Å². The van der Waals surface area contributed by atoms with Crippen LogP contribution in [0.1, 0.15) is 26.3 Å². The SMILES string of the molecule is COc1ccc2c(CCN3C(=O)c4ccccc4C3=O)c[nH]c2c1OC. The van der Waals surface area contributed by atoms with Crippen LogP contribution in [-0.2, 0) is 6.42 Å². The third-order valence-corrected chi connectivity index (χ3v) is 4.77. The van der Waals surface area contributed by atoms with Crippen molar-refractivity contribution in [1.82, 2.24) is 9.88 Å². The standard InChI is InChI=1S/C20H18N2O4/c1-25-16-8-7-13-12(11-21-17(13)18(16)26-2)9-10-22-19(23)14-5-3-4-6-15(14)20(22)24/h3-8,11,21H,9-10H2,1-2H3. The molecular weight excluding hydrogens is 332 g/mol. The van der Waals surface area contributed by atoms with E-state index in [4.69, 9.17) is 9.47 Å². The van der Waals surface area contributed by atoms with E-state index >= 15 is 0 Å². The zero-order valence-corrected chi connectivity index (χ0v) is 14.5. The molecule has 0 saturated carbocycles. The number of benzene rings is 2. The number of H-pyrrole nitrogens is 1. The number of hydrogen-bond acceptors (Lipinski definition) is 4. The lowest BCUT2D eigenvalue weighted by Gasteiger charge is -2.13. The quantitative estimate of drug-likeness (QED) is 0.718. The van der Waals surface area contributed by atoms with E-state index < -0.39 is 0 Å². The van der Waals surface area contributed by atoms with Gasteiger partial charge in [-0.15, -0.1) is 0 Å². The lowest BCUT2D eigenvalue weighted by atomic mass is 10.1. The molecule has 4 rings (SSSR count). The van der Waals surface area contributed by atoms with Gasteiger partial charge in [0.2, 0.25) is 0 Å². The van der Waals surface area contributed by atoms with Crippen molar-refractivity contribution in [2.45, 2.75) is 6.42 Å². The van der Waals surface area contributed by atoms with E-state index in [-0.39, 0.29) is 11.8 Å². The van der Waals surface area contributed by atoms with Gasteiger partial charge < -0.3 is 14.5 Å². The summed E-state index contributed by atoms with van der Waals surface area (Å²) in [4.78, 5) is 29.5. The average molecular weight is 350 g/mol. The Morgan fingerprint density at radius 2 is 1.65 bits per heavy atom. The van der Waals surface area contributed by atoms with Crippen molar-refractivity contribution in [2.75, 3.05) is 20.8 Å². The summed E-state index contributed by atoms with van der Waals surface area (Å²) in [5.74, 6) is 0.820. The summed E-state index contributed by atoms with van der Waals surface area (Å²) < 4.78 is 10.8. The number of hydrogen-bond donors (Lipinski definition) is 1. The van der Waals surface area contributed by atoms with E-state index in [2.05, 4.69) is 4.98 Å². The van der Waals surface area contributed by atoms with Gasteiger partial charge >= 0.3 is 0 Å². The largest absolute Gasteiger partial charge is 0.493 e. The Hall–Kier alpha value is -3.28. The van der Waals surface area contributed by atoms with Crippen molar-refractivity contribution in [3.05, 3.63) is 59.3 Å². The molecule has 2 aromatic carbocycles. The molecule has 0 spiro atoms. The van der Waals surface area contributed by atoms with E-state index in [1.807, 2.05) is 18.3 Å².